The first-order chi connectivity index (χ1) is 16.2. The molecule has 1 aliphatic heterocycles. The molecular weight excluding hydrogens is 446 g/mol. The largest absolute Gasteiger partial charge is 0.508 e. The Morgan fingerprint density at radius 2 is 1.35 bits per heavy atom. The van der Waals surface area contributed by atoms with E-state index in [4.69, 9.17) is 4.74 Å². The summed E-state index contributed by atoms with van der Waals surface area (Å²) >= 11 is 0. The molecule has 3 aromatic carbocycles. The van der Waals surface area contributed by atoms with E-state index < -0.39 is 0 Å². The van der Waals surface area contributed by atoms with Crippen LogP contribution in [0, 0.1) is 0 Å². The van der Waals surface area contributed by atoms with Crippen LogP contribution in [-0.4, -0.2) is 41.4 Å². The maximum absolute atomic E-state index is 10.0. The quantitative estimate of drug-likeness (QED) is 0.468. The first-order valence-corrected chi connectivity index (χ1v) is 12.0. The summed E-state index contributed by atoms with van der Waals surface area (Å²) in [6, 6.07) is 19.5. The van der Waals surface area contributed by atoms with Gasteiger partial charge in [-0.1, -0.05) is 30.7 Å². The lowest BCUT2D eigenvalue weighted by molar-refractivity contribution is 0.183. The highest BCUT2D eigenvalue weighted by Crippen LogP contribution is 2.37. The van der Waals surface area contributed by atoms with E-state index in [1.165, 1.54) is 32.4 Å². The van der Waals surface area contributed by atoms with Crippen molar-refractivity contribution in [1.29, 1.82) is 0 Å². The number of hydrogen-bond acceptors (Lipinski definition) is 4. The summed E-state index contributed by atoms with van der Waals surface area (Å²) in [5.41, 5.74) is 6.69. The smallest absolute Gasteiger partial charge is 0.119 e. The molecule has 0 aromatic heterocycles. The topological polar surface area (TPSA) is 52.9 Å². The minimum Gasteiger partial charge on any atom is -0.508 e. The molecule has 34 heavy (non-hydrogen) atoms. The predicted molar refractivity (Wildman–Crippen MR) is 140 cm³/mol. The van der Waals surface area contributed by atoms with Crippen molar-refractivity contribution in [3.8, 4) is 17.2 Å². The van der Waals surface area contributed by atoms with Crippen molar-refractivity contribution in [2.45, 2.75) is 32.1 Å². The van der Waals surface area contributed by atoms with Gasteiger partial charge in [-0.3, -0.25) is 4.90 Å². The van der Waals surface area contributed by atoms with E-state index in [1.807, 2.05) is 36.4 Å². The molecule has 5 heteroatoms. The van der Waals surface area contributed by atoms with E-state index in [2.05, 4.69) is 23.1 Å². The molecule has 0 saturated carbocycles. The molecule has 5 rings (SSSR count). The summed E-state index contributed by atoms with van der Waals surface area (Å²) in [4.78, 5) is 2.48. The molecule has 0 unspecified atom stereocenters. The van der Waals surface area contributed by atoms with Gasteiger partial charge in [0.1, 0.15) is 23.9 Å². The zero-order valence-electron chi connectivity index (χ0n) is 19.4. The first-order valence-electron chi connectivity index (χ1n) is 12.0. The molecule has 1 saturated heterocycles. The van der Waals surface area contributed by atoms with Gasteiger partial charge < -0.3 is 14.9 Å². The number of aromatic hydroxyl groups is 2. The third kappa shape index (κ3) is 5.57. The number of phenolic OH excluding ortho intramolecular Hbond substituents is 2. The molecule has 0 radical (unpaired) electrons. The molecule has 0 amide bonds. The van der Waals surface area contributed by atoms with E-state index in [9.17, 15) is 10.2 Å². The zero-order chi connectivity index (χ0) is 22.6. The van der Waals surface area contributed by atoms with Gasteiger partial charge in [-0.2, -0.15) is 0 Å². The minimum atomic E-state index is 0. The summed E-state index contributed by atoms with van der Waals surface area (Å²) in [5, 5.41) is 20.1. The van der Waals surface area contributed by atoms with Crippen LogP contribution in [0.4, 0.5) is 0 Å². The van der Waals surface area contributed by atoms with Crippen LogP contribution >= 0.6 is 12.4 Å². The fourth-order valence-electron chi connectivity index (χ4n) is 4.97. The second-order valence-electron chi connectivity index (χ2n) is 9.06. The normalized spacial score (nSPS) is 15.5. The van der Waals surface area contributed by atoms with Crippen LogP contribution in [0.15, 0.2) is 60.7 Å². The van der Waals surface area contributed by atoms with Crippen molar-refractivity contribution in [2.24, 2.45) is 0 Å². The fraction of sp³-hybridized carbons (Fsp3) is 0.310. The number of nitrogens with zero attached hydrogens (tertiary/aromatic N) is 1. The summed E-state index contributed by atoms with van der Waals surface area (Å²) < 4.78 is 5.99. The Labute approximate surface area is 207 Å². The molecule has 0 atom stereocenters. The van der Waals surface area contributed by atoms with Crippen molar-refractivity contribution in [1.82, 2.24) is 4.90 Å². The van der Waals surface area contributed by atoms with Gasteiger partial charge in [0.2, 0.25) is 0 Å². The maximum atomic E-state index is 10.0. The van der Waals surface area contributed by atoms with E-state index in [0.29, 0.717) is 6.61 Å². The van der Waals surface area contributed by atoms with Gasteiger partial charge in [-0.15, -0.1) is 12.4 Å². The average Bonchev–Trinajstić information content (AvgIpc) is 2.97. The number of phenols is 2. The van der Waals surface area contributed by atoms with Crippen LogP contribution in [-0.2, 0) is 12.8 Å². The third-order valence-corrected chi connectivity index (χ3v) is 6.74. The number of benzene rings is 3. The van der Waals surface area contributed by atoms with E-state index in [0.717, 1.165) is 58.5 Å². The summed E-state index contributed by atoms with van der Waals surface area (Å²) in [6.45, 7) is 4.08. The number of aryl methyl sites for hydroxylation is 2. The summed E-state index contributed by atoms with van der Waals surface area (Å²) in [7, 11) is 0. The van der Waals surface area contributed by atoms with Crippen molar-refractivity contribution in [2.75, 3.05) is 26.2 Å². The van der Waals surface area contributed by atoms with Crippen LogP contribution < -0.4 is 4.74 Å². The summed E-state index contributed by atoms with van der Waals surface area (Å²) in [5.74, 6) is 1.46. The number of hydrogen-bond donors (Lipinski definition) is 2. The van der Waals surface area contributed by atoms with E-state index >= 15 is 0 Å². The van der Waals surface area contributed by atoms with Gasteiger partial charge in [0.25, 0.3) is 0 Å². The highest BCUT2D eigenvalue weighted by molar-refractivity contribution is 5.94. The number of halogens is 1. The molecule has 0 bridgehead atoms. The molecule has 1 fully saturated rings. The van der Waals surface area contributed by atoms with Gasteiger partial charge in [-0.05, 0) is 115 Å². The lowest BCUT2D eigenvalue weighted by Crippen LogP contribution is -2.33. The Morgan fingerprint density at radius 3 is 1.94 bits per heavy atom. The number of rotatable bonds is 5. The second kappa shape index (κ2) is 11.0. The lowest BCUT2D eigenvalue weighted by atomic mass is 9.92. The molecule has 2 N–H and O–H groups in total. The number of likely N-dealkylation sites (tertiary alicyclic amines) is 1. The molecule has 2 aliphatic rings. The Bertz CT molecular complexity index is 1100. The maximum Gasteiger partial charge on any atom is 0.119 e. The minimum absolute atomic E-state index is 0. The monoisotopic (exact) mass is 477 g/mol. The van der Waals surface area contributed by atoms with Crippen molar-refractivity contribution in [3.63, 3.8) is 0 Å². The fourth-order valence-corrected chi connectivity index (χ4v) is 4.97. The van der Waals surface area contributed by atoms with Crippen molar-refractivity contribution in [3.05, 3.63) is 88.5 Å². The molecule has 1 aliphatic carbocycles. The Kier molecular flexibility index (Phi) is 7.81. The number of ether oxygens (including phenoxy) is 1. The van der Waals surface area contributed by atoms with E-state index in [-0.39, 0.29) is 23.9 Å². The second-order valence-corrected chi connectivity index (χ2v) is 9.06. The van der Waals surface area contributed by atoms with E-state index in [1.54, 1.807) is 12.1 Å². The van der Waals surface area contributed by atoms with Crippen LogP contribution in [0.3, 0.4) is 0 Å². The Hall–Kier alpha value is -2.95. The molecule has 3 aromatic rings. The molecule has 4 nitrogen and oxygen atoms in total. The summed E-state index contributed by atoms with van der Waals surface area (Å²) in [6.07, 6.45) is 7.78. The molecular formula is C29H32ClNO3. The molecule has 178 valence electrons. The third-order valence-electron chi connectivity index (χ3n) is 6.74. The van der Waals surface area contributed by atoms with Crippen LogP contribution in [0.25, 0.3) is 11.6 Å². The van der Waals surface area contributed by atoms with Crippen LogP contribution in [0.1, 0.15) is 47.1 Å². The Balaban J connectivity index is 0.00000274. The van der Waals surface area contributed by atoms with Gasteiger partial charge >= 0.3 is 0 Å². The van der Waals surface area contributed by atoms with Gasteiger partial charge in [-0.25, -0.2) is 0 Å². The predicted octanol–water partition coefficient (Wildman–Crippen LogP) is 6.07. The van der Waals surface area contributed by atoms with Crippen LogP contribution in [0.2, 0.25) is 0 Å². The van der Waals surface area contributed by atoms with Crippen LogP contribution in [0.5, 0.6) is 17.2 Å². The van der Waals surface area contributed by atoms with Crippen molar-refractivity contribution >= 4 is 24.1 Å². The molecule has 0 spiro atoms. The highest BCUT2D eigenvalue weighted by atomic mass is 35.5. The molecule has 1 heterocycles. The first kappa shape index (κ1) is 24.2. The van der Waals surface area contributed by atoms with Crippen molar-refractivity contribution < 1.29 is 14.9 Å². The number of piperidine rings is 1. The van der Waals surface area contributed by atoms with Gasteiger partial charge in [0.15, 0.2) is 0 Å². The van der Waals surface area contributed by atoms with Gasteiger partial charge in [0.05, 0.1) is 0 Å². The van der Waals surface area contributed by atoms with Gasteiger partial charge in [0, 0.05) is 6.54 Å². The highest BCUT2D eigenvalue weighted by Gasteiger charge is 2.19. The standard InChI is InChI=1S/C29H31NO3.ClH/c31-24-8-12-27-22(19-24)6-7-23-20-25(32)9-13-28(23)29(27)18-21-4-10-26(11-5-21)33-17-16-30-14-2-1-3-15-30;/h4-5,8-13,18-20,31-32H,1-3,6-7,14-17H2;1H. The average molecular weight is 478 g/mol. The number of fused-ring (bicyclic) bond motifs is 2. The Morgan fingerprint density at radius 1 is 0.765 bits per heavy atom. The zero-order valence-corrected chi connectivity index (χ0v) is 20.2. The SMILES string of the molecule is Cl.Oc1ccc2c(c1)CCc1cc(O)ccc1C2=Cc1ccc(OCCN2CCCCC2)cc1. The lowest BCUT2D eigenvalue weighted by Gasteiger charge is -2.26.